The highest BCUT2D eigenvalue weighted by Crippen LogP contribution is 2.61. The molecule has 4 saturated carbocycles. The fourth-order valence-electron chi connectivity index (χ4n) is 5.07. The van der Waals surface area contributed by atoms with Crippen molar-refractivity contribution in [2.24, 2.45) is 23.2 Å². The zero-order valence-corrected chi connectivity index (χ0v) is 15.1. The molecule has 0 radical (unpaired) electrons. The monoisotopic (exact) mass is 396 g/mol. The van der Waals surface area contributed by atoms with Gasteiger partial charge in [-0.1, -0.05) is 6.92 Å². The van der Waals surface area contributed by atoms with Crippen molar-refractivity contribution in [3.05, 3.63) is 0 Å². The second-order valence-electron chi connectivity index (χ2n) is 7.75. The second-order valence-corrected chi connectivity index (χ2v) is 9.21. The number of alkyl halides is 2. The van der Waals surface area contributed by atoms with Crippen molar-refractivity contribution in [3.63, 3.8) is 0 Å². The third kappa shape index (κ3) is 3.11. The molecule has 4 rings (SSSR count). The van der Waals surface area contributed by atoms with Gasteiger partial charge in [0, 0.05) is 0 Å². The first kappa shape index (κ1) is 19.5. The average Bonchev–Trinajstić information content (AvgIpc) is 2.53. The van der Waals surface area contributed by atoms with Crippen molar-refractivity contribution in [2.75, 3.05) is 6.61 Å². The highest BCUT2D eigenvalue weighted by Gasteiger charge is 2.62. The van der Waals surface area contributed by atoms with Crippen LogP contribution < -0.4 is 0 Å². The van der Waals surface area contributed by atoms with Crippen LogP contribution >= 0.6 is 0 Å². The number of esters is 2. The number of ether oxygens (including phenoxy) is 2. The molecule has 1 N–H and O–H groups in total. The number of halogens is 2. The quantitative estimate of drug-likeness (QED) is 0.541. The topological polar surface area (TPSA) is 107 Å². The highest BCUT2D eigenvalue weighted by molar-refractivity contribution is 7.87. The number of carbonyl (C=O) groups excluding carboxylic acids is 2. The van der Waals surface area contributed by atoms with Gasteiger partial charge in [0.05, 0.1) is 12.0 Å². The van der Waals surface area contributed by atoms with Crippen LogP contribution in [0, 0.1) is 23.2 Å². The van der Waals surface area contributed by atoms with E-state index in [1.807, 2.05) is 6.92 Å². The first-order chi connectivity index (χ1) is 12.0. The Morgan fingerprint density at radius 2 is 1.77 bits per heavy atom. The van der Waals surface area contributed by atoms with E-state index in [1.165, 1.54) is 0 Å². The minimum Gasteiger partial charge on any atom is -0.465 e. The van der Waals surface area contributed by atoms with Crippen molar-refractivity contribution in [1.82, 2.24) is 0 Å². The van der Waals surface area contributed by atoms with Crippen LogP contribution in [0.5, 0.6) is 0 Å². The Morgan fingerprint density at radius 1 is 1.19 bits per heavy atom. The molecule has 0 aromatic heterocycles. The molecule has 4 aliphatic carbocycles. The average molecular weight is 396 g/mol. The lowest BCUT2D eigenvalue weighted by molar-refractivity contribution is -0.203. The van der Waals surface area contributed by atoms with E-state index in [1.54, 1.807) is 0 Å². The maximum Gasteiger partial charge on any atom is 0.465 e. The fourth-order valence-corrected chi connectivity index (χ4v) is 5.32. The van der Waals surface area contributed by atoms with Crippen LogP contribution in [0.4, 0.5) is 8.78 Å². The molecule has 4 fully saturated rings. The smallest absolute Gasteiger partial charge is 0.465 e. The van der Waals surface area contributed by atoms with Crippen LogP contribution in [-0.4, -0.2) is 42.9 Å². The van der Waals surface area contributed by atoms with Gasteiger partial charge in [-0.25, -0.2) is 4.79 Å². The molecule has 4 aliphatic rings. The second kappa shape index (κ2) is 6.40. The van der Waals surface area contributed by atoms with Crippen molar-refractivity contribution < 1.29 is 40.8 Å². The molecule has 7 nitrogen and oxygen atoms in total. The SMILES string of the molecule is CCCOC(=O)C12CC3CC(C1)C(OC(=O)C(F)(F)S(=O)(=O)O)C(C3)C2. The van der Waals surface area contributed by atoms with Gasteiger partial charge in [0.25, 0.3) is 0 Å². The summed E-state index contributed by atoms with van der Waals surface area (Å²) >= 11 is 0. The van der Waals surface area contributed by atoms with E-state index in [0.717, 1.165) is 0 Å². The summed E-state index contributed by atoms with van der Waals surface area (Å²) in [7, 11) is -5.90. The minimum absolute atomic E-state index is 0.235. The van der Waals surface area contributed by atoms with Crippen LogP contribution in [0.2, 0.25) is 0 Å². The number of hydrogen-bond acceptors (Lipinski definition) is 6. The Bertz CT molecular complexity index is 689. The van der Waals surface area contributed by atoms with E-state index >= 15 is 0 Å². The van der Waals surface area contributed by atoms with E-state index in [-0.39, 0.29) is 23.7 Å². The molecule has 2 unspecified atom stereocenters. The Morgan fingerprint density at radius 3 is 2.27 bits per heavy atom. The summed E-state index contributed by atoms with van der Waals surface area (Å²) in [6.45, 7) is 2.21. The maximum atomic E-state index is 13.5. The maximum absolute atomic E-state index is 13.5. The molecule has 0 saturated heterocycles. The summed E-state index contributed by atoms with van der Waals surface area (Å²) in [5.74, 6) is -2.90. The number of rotatable bonds is 6. The van der Waals surface area contributed by atoms with Crippen LogP contribution in [-0.2, 0) is 29.2 Å². The number of hydrogen-bond donors (Lipinski definition) is 1. The third-order valence-corrected chi connectivity index (χ3v) is 6.68. The van der Waals surface area contributed by atoms with Crippen molar-refractivity contribution in [2.45, 2.75) is 56.8 Å². The zero-order valence-electron chi connectivity index (χ0n) is 14.3. The summed E-state index contributed by atoms with van der Waals surface area (Å²) in [6, 6.07) is 0. The van der Waals surface area contributed by atoms with Gasteiger partial charge in [0.1, 0.15) is 6.10 Å². The summed E-state index contributed by atoms with van der Waals surface area (Å²) in [6.07, 6.45) is 2.52. The molecule has 0 amide bonds. The molecular formula is C16H22F2O7S. The van der Waals surface area contributed by atoms with Crippen molar-refractivity contribution in [1.29, 1.82) is 0 Å². The molecule has 0 aromatic carbocycles. The third-order valence-electron chi connectivity index (χ3n) is 5.86. The molecule has 0 aromatic rings. The lowest BCUT2D eigenvalue weighted by Crippen LogP contribution is -2.58. The first-order valence-corrected chi connectivity index (χ1v) is 10.2. The van der Waals surface area contributed by atoms with Crippen LogP contribution in [0.15, 0.2) is 0 Å². The van der Waals surface area contributed by atoms with E-state index in [2.05, 4.69) is 0 Å². The van der Waals surface area contributed by atoms with E-state index in [0.29, 0.717) is 45.1 Å². The van der Waals surface area contributed by atoms with Gasteiger partial charge in [-0.2, -0.15) is 17.2 Å². The Kier molecular flexibility index (Phi) is 4.79. The van der Waals surface area contributed by atoms with Crippen LogP contribution in [0.25, 0.3) is 0 Å². The summed E-state index contributed by atoms with van der Waals surface area (Å²) in [5, 5.41) is -5.00. The van der Waals surface area contributed by atoms with Crippen molar-refractivity contribution in [3.8, 4) is 0 Å². The van der Waals surface area contributed by atoms with Gasteiger partial charge < -0.3 is 9.47 Å². The molecule has 148 valence electrons. The predicted octanol–water partition coefficient (Wildman–Crippen LogP) is 2.16. The van der Waals surface area contributed by atoms with E-state index < -0.39 is 32.9 Å². The molecule has 0 heterocycles. The van der Waals surface area contributed by atoms with Gasteiger partial charge >= 0.3 is 27.3 Å². The summed E-state index contributed by atoms with van der Waals surface area (Å²) in [4.78, 5) is 24.2. The van der Waals surface area contributed by atoms with E-state index in [4.69, 9.17) is 14.0 Å². The zero-order chi connectivity index (χ0) is 19.3. The van der Waals surface area contributed by atoms with Gasteiger partial charge in [0.2, 0.25) is 0 Å². The van der Waals surface area contributed by atoms with Crippen molar-refractivity contribution >= 4 is 22.1 Å². The van der Waals surface area contributed by atoms with Gasteiger partial charge in [-0.15, -0.1) is 0 Å². The lowest BCUT2D eigenvalue weighted by Gasteiger charge is -2.57. The summed E-state index contributed by atoms with van der Waals surface area (Å²) < 4.78 is 67.2. The number of carbonyl (C=O) groups is 2. The Hall–Kier alpha value is -1.29. The molecule has 10 heteroatoms. The minimum atomic E-state index is -5.90. The molecule has 0 aliphatic heterocycles. The van der Waals surface area contributed by atoms with Crippen LogP contribution in [0.1, 0.15) is 45.4 Å². The molecular weight excluding hydrogens is 374 g/mol. The summed E-state index contributed by atoms with van der Waals surface area (Å²) in [5.41, 5.74) is -0.667. The molecule has 4 bridgehead atoms. The van der Waals surface area contributed by atoms with E-state index in [9.17, 15) is 26.8 Å². The van der Waals surface area contributed by atoms with Crippen LogP contribution in [0.3, 0.4) is 0 Å². The van der Waals surface area contributed by atoms with Gasteiger partial charge in [0.15, 0.2) is 0 Å². The molecule has 2 atom stereocenters. The highest BCUT2D eigenvalue weighted by atomic mass is 32.2. The first-order valence-electron chi connectivity index (χ1n) is 8.73. The Labute approximate surface area is 150 Å². The normalized spacial score (nSPS) is 36.0. The fraction of sp³-hybridized carbons (Fsp3) is 0.875. The predicted molar refractivity (Wildman–Crippen MR) is 83.6 cm³/mol. The van der Waals surface area contributed by atoms with Gasteiger partial charge in [-0.05, 0) is 56.3 Å². The lowest BCUT2D eigenvalue weighted by atomic mass is 9.48. The molecule has 26 heavy (non-hydrogen) atoms. The Balaban J connectivity index is 1.75. The van der Waals surface area contributed by atoms with Gasteiger partial charge in [-0.3, -0.25) is 9.35 Å². The molecule has 0 spiro atoms. The standard InChI is InChI=1S/C16H22F2O7S/c1-2-3-24-13(19)15-6-9-4-10(7-15)12(11(5-9)8-15)25-14(20)16(17,18)26(21,22)23/h9-12H,2-8H2,1H3,(H,21,22,23). The largest absolute Gasteiger partial charge is 0.465 e.